The van der Waals surface area contributed by atoms with Crippen molar-refractivity contribution in [2.75, 3.05) is 18.8 Å². The molecule has 1 aromatic rings. The summed E-state index contributed by atoms with van der Waals surface area (Å²) in [6.45, 7) is 8.79. The minimum atomic E-state index is 0.0924. The number of hydrogen-bond donors (Lipinski definition) is 0. The molecule has 1 aliphatic heterocycles. The van der Waals surface area contributed by atoms with Gasteiger partial charge < -0.3 is 4.90 Å². The van der Waals surface area contributed by atoms with Crippen LogP contribution in [-0.2, 0) is 10.2 Å². The molecule has 1 saturated heterocycles. The molecular formula is C18H26N4OS. The van der Waals surface area contributed by atoms with Gasteiger partial charge in [0.2, 0.25) is 11.1 Å². The first kappa shape index (κ1) is 16.3. The largest absolute Gasteiger partial charge is 0.342 e. The average Bonchev–Trinajstić information content (AvgIpc) is 2.92. The molecule has 24 heavy (non-hydrogen) atoms. The van der Waals surface area contributed by atoms with Crippen molar-refractivity contribution in [1.29, 1.82) is 0 Å². The van der Waals surface area contributed by atoms with Crippen molar-refractivity contribution < 1.29 is 4.79 Å². The fourth-order valence-corrected chi connectivity index (χ4v) is 5.47. The standard InChI is InChI=1S/C18H26N4OS/c1-17(2)12-7-8-18(17,3)15-14(12)20-21-16(19-15)24-11-13(23)22-9-5-4-6-10-22/h12H,4-11H2,1-3H3. The summed E-state index contributed by atoms with van der Waals surface area (Å²) in [5.74, 6) is 1.10. The van der Waals surface area contributed by atoms with Gasteiger partial charge >= 0.3 is 0 Å². The maximum Gasteiger partial charge on any atom is 0.233 e. The molecule has 1 saturated carbocycles. The molecule has 2 heterocycles. The Kier molecular flexibility index (Phi) is 3.86. The summed E-state index contributed by atoms with van der Waals surface area (Å²) in [7, 11) is 0. The van der Waals surface area contributed by atoms with Crippen molar-refractivity contribution in [2.45, 2.75) is 69.4 Å². The van der Waals surface area contributed by atoms with Crippen molar-refractivity contribution >= 4 is 17.7 Å². The number of aromatic nitrogens is 3. The smallest absolute Gasteiger partial charge is 0.233 e. The highest BCUT2D eigenvalue weighted by Gasteiger charge is 2.61. The topological polar surface area (TPSA) is 59.0 Å². The highest BCUT2D eigenvalue weighted by molar-refractivity contribution is 7.99. The van der Waals surface area contributed by atoms with Gasteiger partial charge in [0.1, 0.15) is 0 Å². The van der Waals surface area contributed by atoms with Gasteiger partial charge in [-0.2, -0.15) is 5.10 Å². The van der Waals surface area contributed by atoms with Crippen LogP contribution in [0.25, 0.3) is 0 Å². The molecule has 5 nitrogen and oxygen atoms in total. The zero-order valence-corrected chi connectivity index (χ0v) is 15.7. The Morgan fingerprint density at radius 1 is 1.21 bits per heavy atom. The van der Waals surface area contributed by atoms with E-state index >= 15 is 0 Å². The number of likely N-dealkylation sites (tertiary alicyclic amines) is 1. The number of thioether (sulfide) groups is 1. The molecule has 2 fully saturated rings. The Hall–Kier alpha value is -1.17. The number of piperidine rings is 1. The van der Waals surface area contributed by atoms with Gasteiger partial charge in [0.25, 0.3) is 0 Å². The highest BCUT2D eigenvalue weighted by atomic mass is 32.2. The second-order valence-corrected chi connectivity index (χ2v) is 9.15. The highest BCUT2D eigenvalue weighted by Crippen LogP contribution is 2.66. The molecule has 1 aromatic heterocycles. The van der Waals surface area contributed by atoms with Crippen molar-refractivity contribution in [3.63, 3.8) is 0 Å². The number of amides is 1. The monoisotopic (exact) mass is 346 g/mol. The quantitative estimate of drug-likeness (QED) is 0.787. The summed E-state index contributed by atoms with van der Waals surface area (Å²) in [4.78, 5) is 19.1. The van der Waals surface area contributed by atoms with Crippen molar-refractivity contribution in [2.24, 2.45) is 5.41 Å². The fourth-order valence-electron chi connectivity index (χ4n) is 4.78. The Labute approximate surface area is 148 Å². The van der Waals surface area contributed by atoms with Gasteiger partial charge in [-0.15, -0.1) is 5.10 Å². The Balaban J connectivity index is 1.48. The van der Waals surface area contributed by atoms with Gasteiger partial charge in [0.15, 0.2) is 0 Å². The second kappa shape index (κ2) is 5.68. The molecule has 2 atom stereocenters. The minimum absolute atomic E-state index is 0.0924. The van der Waals surface area contributed by atoms with Crippen LogP contribution in [0.1, 0.15) is 70.2 Å². The number of fused-ring (bicyclic) bond motifs is 5. The molecular weight excluding hydrogens is 320 g/mol. The normalized spacial score (nSPS) is 30.5. The lowest BCUT2D eigenvalue weighted by Gasteiger charge is -2.34. The number of carbonyl (C=O) groups excluding carboxylic acids is 1. The van der Waals surface area contributed by atoms with E-state index in [9.17, 15) is 4.79 Å². The van der Waals surface area contributed by atoms with Crippen LogP contribution < -0.4 is 0 Å². The number of hydrogen-bond acceptors (Lipinski definition) is 5. The fraction of sp³-hybridized carbons (Fsp3) is 0.778. The van der Waals surface area contributed by atoms with E-state index in [-0.39, 0.29) is 16.7 Å². The van der Waals surface area contributed by atoms with E-state index < -0.39 is 0 Å². The number of nitrogens with zero attached hydrogens (tertiary/aromatic N) is 4. The molecule has 130 valence electrons. The Morgan fingerprint density at radius 3 is 2.71 bits per heavy atom. The third kappa shape index (κ3) is 2.29. The van der Waals surface area contributed by atoms with Crippen LogP contribution in [0.15, 0.2) is 5.16 Å². The lowest BCUT2D eigenvalue weighted by molar-refractivity contribution is -0.129. The van der Waals surface area contributed by atoms with Crippen LogP contribution in [0.3, 0.4) is 0 Å². The van der Waals surface area contributed by atoms with Crippen LogP contribution in [0.5, 0.6) is 0 Å². The predicted octanol–water partition coefficient (Wildman–Crippen LogP) is 3.15. The lowest BCUT2D eigenvalue weighted by atomic mass is 9.70. The Bertz CT molecular complexity index is 671. The van der Waals surface area contributed by atoms with E-state index in [0.29, 0.717) is 16.8 Å². The molecule has 0 spiro atoms. The van der Waals surface area contributed by atoms with Crippen LogP contribution in [-0.4, -0.2) is 44.8 Å². The Morgan fingerprint density at radius 2 is 1.96 bits per heavy atom. The van der Waals surface area contributed by atoms with Gasteiger partial charge in [-0.05, 0) is 37.5 Å². The number of carbonyl (C=O) groups is 1. The van der Waals surface area contributed by atoms with Crippen molar-refractivity contribution in [3.8, 4) is 0 Å². The maximum absolute atomic E-state index is 12.3. The summed E-state index contributed by atoms with van der Waals surface area (Å²) in [5, 5.41) is 9.49. The molecule has 3 aliphatic rings. The second-order valence-electron chi connectivity index (χ2n) is 8.20. The summed E-state index contributed by atoms with van der Waals surface area (Å²) in [6, 6.07) is 0. The lowest BCUT2D eigenvalue weighted by Crippen LogP contribution is -2.36. The average molecular weight is 347 g/mol. The zero-order chi connectivity index (χ0) is 16.9. The molecule has 0 radical (unpaired) electrons. The van der Waals surface area contributed by atoms with E-state index in [4.69, 9.17) is 4.98 Å². The van der Waals surface area contributed by atoms with E-state index in [1.807, 2.05) is 4.90 Å². The molecule has 2 bridgehead atoms. The summed E-state index contributed by atoms with van der Waals surface area (Å²) >= 11 is 1.44. The van der Waals surface area contributed by atoms with E-state index in [1.54, 1.807) is 0 Å². The predicted molar refractivity (Wildman–Crippen MR) is 94.1 cm³/mol. The molecule has 2 unspecified atom stereocenters. The maximum atomic E-state index is 12.3. The van der Waals surface area contributed by atoms with Gasteiger partial charge in [0.05, 0.1) is 17.1 Å². The van der Waals surface area contributed by atoms with Gasteiger partial charge in [-0.1, -0.05) is 32.5 Å². The third-order valence-electron chi connectivity index (χ3n) is 6.81. The first-order chi connectivity index (χ1) is 11.4. The third-order valence-corrected chi connectivity index (χ3v) is 7.63. The van der Waals surface area contributed by atoms with E-state index in [0.717, 1.165) is 37.3 Å². The first-order valence-electron chi connectivity index (χ1n) is 9.09. The van der Waals surface area contributed by atoms with E-state index in [2.05, 4.69) is 31.0 Å². The van der Waals surface area contributed by atoms with E-state index in [1.165, 1.54) is 31.0 Å². The summed E-state index contributed by atoms with van der Waals surface area (Å²) < 4.78 is 0. The van der Waals surface area contributed by atoms with Crippen molar-refractivity contribution in [3.05, 3.63) is 11.4 Å². The molecule has 2 aliphatic carbocycles. The van der Waals surface area contributed by atoms with Crippen LogP contribution in [0.2, 0.25) is 0 Å². The molecule has 0 N–H and O–H groups in total. The van der Waals surface area contributed by atoms with Gasteiger partial charge in [0, 0.05) is 24.4 Å². The SMILES string of the molecule is CC12CCC(c3nnc(SCC(=O)N4CCCCC4)nc31)C2(C)C. The van der Waals surface area contributed by atoms with Crippen LogP contribution in [0.4, 0.5) is 0 Å². The zero-order valence-electron chi connectivity index (χ0n) is 14.8. The molecule has 6 heteroatoms. The first-order valence-corrected chi connectivity index (χ1v) is 10.1. The van der Waals surface area contributed by atoms with Crippen molar-refractivity contribution in [1.82, 2.24) is 20.1 Å². The van der Waals surface area contributed by atoms with Gasteiger partial charge in [-0.3, -0.25) is 4.79 Å². The summed E-state index contributed by atoms with van der Waals surface area (Å²) in [6.07, 6.45) is 5.86. The van der Waals surface area contributed by atoms with Crippen LogP contribution >= 0.6 is 11.8 Å². The number of rotatable bonds is 3. The molecule has 0 aromatic carbocycles. The molecule has 4 rings (SSSR count). The minimum Gasteiger partial charge on any atom is -0.342 e. The summed E-state index contributed by atoms with van der Waals surface area (Å²) in [5.41, 5.74) is 2.52. The molecule has 1 amide bonds. The van der Waals surface area contributed by atoms with Crippen LogP contribution in [0, 0.1) is 5.41 Å². The van der Waals surface area contributed by atoms with Gasteiger partial charge in [-0.25, -0.2) is 4.98 Å².